The Hall–Kier alpha value is -1.59. The Balaban J connectivity index is 0.00000300. The summed E-state index contributed by atoms with van der Waals surface area (Å²) in [6, 6.07) is 12.2. The number of nitrogens with one attached hydrogen (secondary N) is 1. The van der Waals surface area contributed by atoms with Crippen molar-refractivity contribution in [3.05, 3.63) is 58.0 Å². The zero-order valence-corrected chi connectivity index (χ0v) is 20.5. The van der Waals surface area contributed by atoms with Crippen LogP contribution >= 0.6 is 39.9 Å². The van der Waals surface area contributed by atoms with Gasteiger partial charge in [0.25, 0.3) is 5.91 Å². The van der Waals surface area contributed by atoms with Crippen LogP contribution in [0.3, 0.4) is 0 Å². The first-order chi connectivity index (χ1) is 13.5. The molecule has 0 aliphatic carbocycles. The number of halogens is 2. The predicted octanol–water partition coefficient (Wildman–Crippen LogP) is 3.21. The second-order valence-electron chi connectivity index (χ2n) is 6.78. The summed E-state index contributed by atoms with van der Waals surface area (Å²) in [5.41, 5.74) is 6.54. The summed E-state index contributed by atoms with van der Waals surface area (Å²) in [5, 5.41) is 3.30. The minimum atomic E-state index is -0.563. The highest BCUT2D eigenvalue weighted by atomic mass is 127. The number of rotatable bonds is 5. The van der Waals surface area contributed by atoms with Crippen LogP contribution in [-0.4, -0.2) is 54.9 Å². The van der Waals surface area contributed by atoms with E-state index in [1.54, 1.807) is 19.2 Å². The molecular formula is C20H27BrIN5O2. The van der Waals surface area contributed by atoms with Crippen molar-refractivity contribution >= 4 is 51.8 Å². The summed E-state index contributed by atoms with van der Waals surface area (Å²) >= 11 is 3.49. The van der Waals surface area contributed by atoms with Crippen LogP contribution in [0.5, 0.6) is 0 Å². The molecule has 2 heterocycles. The van der Waals surface area contributed by atoms with Gasteiger partial charge in [-0.15, -0.1) is 24.0 Å². The summed E-state index contributed by atoms with van der Waals surface area (Å²) in [7, 11) is 1.77. The largest absolute Gasteiger partial charge is 0.454 e. The Morgan fingerprint density at radius 3 is 2.41 bits per heavy atom. The van der Waals surface area contributed by atoms with Crippen LogP contribution in [0, 0.1) is 0 Å². The number of amides is 1. The van der Waals surface area contributed by atoms with E-state index in [1.165, 1.54) is 5.56 Å². The molecule has 1 saturated heterocycles. The molecule has 2 aromatic rings. The van der Waals surface area contributed by atoms with Crippen LogP contribution in [0.1, 0.15) is 34.8 Å². The number of guanidine groups is 1. The van der Waals surface area contributed by atoms with Gasteiger partial charge in [0.05, 0.1) is 6.54 Å². The van der Waals surface area contributed by atoms with Gasteiger partial charge in [-0.25, -0.2) is 0 Å². The molecule has 7 nitrogen and oxygen atoms in total. The van der Waals surface area contributed by atoms with Crippen molar-refractivity contribution in [2.75, 3.05) is 33.2 Å². The summed E-state index contributed by atoms with van der Waals surface area (Å²) in [4.78, 5) is 20.2. The maximum Gasteiger partial charge on any atom is 0.284 e. The average molecular weight is 576 g/mol. The van der Waals surface area contributed by atoms with E-state index >= 15 is 0 Å². The standard InChI is InChI=1S/C20H26BrN5O2.HI/c1-14(15-3-5-16(21)6-4-15)25-9-11-26(12-10-25)20(23-2)24-13-17-7-8-18(28-17)19(22)27;/h3-8,14H,9-13H2,1-2H3,(H2,22,27)(H,23,24);1H. The second-order valence-corrected chi connectivity index (χ2v) is 7.70. The highest BCUT2D eigenvalue weighted by molar-refractivity contribution is 14.0. The highest BCUT2D eigenvalue weighted by Crippen LogP contribution is 2.23. The smallest absolute Gasteiger partial charge is 0.284 e. The van der Waals surface area contributed by atoms with Crippen molar-refractivity contribution in [2.24, 2.45) is 10.7 Å². The number of nitrogens with two attached hydrogens (primary N) is 1. The molecule has 1 fully saturated rings. The fourth-order valence-electron chi connectivity index (χ4n) is 3.38. The Labute approximate surface area is 196 Å². The lowest BCUT2D eigenvalue weighted by Crippen LogP contribution is -2.52. The van der Waals surface area contributed by atoms with Crippen LogP contribution in [0.25, 0.3) is 0 Å². The van der Waals surface area contributed by atoms with E-state index in [0.717, 1.165) is 36.6 Å². The number of benzene rings is 1. The van der Waals surface area contributed by atoms with Crippen LogP contribution in [0.15, 0.2) is 50.3 Å². The molecule has 1 aromatic carbocycles. The van der Waals surface area contributed by atoms with Crippen molar-refractivity contribution in [1.29, 1.82) is 0 Å². The Kier molecular flexibility index (Phi) is 8.97. The van der Waals surface area contributed by atoms with Gasteiger partial charge in [0.2, 0.25) is 0 Å². The first kappa shape index (κ1) is 23.7. The molecule has 29 heavy (non-hydrogen) atoms. The highest BCUT2D eigenvalue weighted by Gasteiger charge is 2.23. The van der Waals surface area contributed by atoms with E-state index in [-0.39, 0.29) is 29.7 Å². The summed E-state index contributed by atoms with van der Waals surface area (Å²) < 4.78 is 6.51. The number of carbonyl (C=O) groups excluding carboxylic acids is 1. The lowest BCUT2D eigenvalue weighted by atomic mass is 10.1. The summed E-state index contributed by atoms with van der Waals surface area (Å²) in [6.45, 7) is 6.42. The molecule has 0 bridgehead atoms. The topological polar surface area (TPSA) is 87.1 Å². The average Bonchev–Trinajstić information content (AvgIpc) is 3.18. The number of hydrogen-bond acceptors (Lipinski definition) is 4. The molecule has 1 aliphatic rings. The number of piperazine rings is 1. The van der Waals surface area contributed by atoms with E-state index in [4.69, 9.17) is 10.2 Å². The zero-order valence-electron chi connectivity index (χ0n) is 16.6. The number of nitrogens with zero attached hydrogens (tertiary/aromatic N) is 3. The Morgan fingerprint density at radius 1 is 1.21 bits per heavy atom. The molecule has 0 saturated carbocycles. The number of furan rings is 1. The third-order valence-corrected chi connectivity index (χ3v) is 5.58. The van der Waals surface area contributed by atoms with Crippen LogP contribution in [0.4, 0.5) is 0 Å². The third-order valence-electron chi connectivity index (χ3n) is 5.05. The second kappa shape index (κ2) is 11.0. The summed E-state index contributed by atoms with van der Waals surface area (Å²) in [5.74, 6) is 1.08. The van der Waals surface area contributed by atoms with Crippen molar-refractivity contribution in [1.82, 2.24) is 15.1 Å². The van der Waals surface area contributed by atoms with Crippen molar-refractivity contribution in [3.63, 3.8) is 0 Å². The van der Waals surface area contributed by atoms with E-state index in [2.05, 4.69) is 67.2 Å². The lowest BCUT2D eigenvalue weighted by molar-refractivity contribution is 0.0972. The van der Waals surface area contributed by atoms with E-state index in [0.29, 0.717) is 18.3 Å². The minimum Gasteiger partial charge on any atom is -0.454 e. The number of carbonyl (C=O) groups is 1. The molecule has 9 heteroatoms. The summed E-state index contributed by atoms with van der Waals surface area (Å²) in [6.07, 6.45) is 0. The van der Waals surface area contributed by atoms with Crippen molar-refractivity contribution in [2.45, 2.75) is 19.5 Å². The number of aliphatic imine (C=N–C) groups is 1. The molecule has 0 spiro atoms. The molecular weight excluding hydrogens is 549 g/mol. The van der Waals surface area contributed by atoms with Gasteiger partial charge in [-0.05, 0) is 36.8 Å². The molecule has 1 aliphatic heterocycles. The first-order valence-corrected chi connectivity index (χ1v) is 10.1. The van der Waals surface area contributed by atoms with E-state index < -0.39 is 5.91 Å². The van der Waals surface area contributed by atoms with Gasteiger partial charge in [0.15, 0.2) is 11.7 Å². The number of hydrogen-bond donors (Lipinski definition) is 2. The first-order valence-electron chi connectivity index (χ1n) is 9.31. The van der Waals surface area contributed by atoms with Gasteiger partial charge in [0.1, 0.15) is 5.76 Å². The Morgan fingerprint density at radius 2 is 1.86 bits per heavy atom. The number of primary amides is 1. The monoisotopic (exact) mass is 575 g/mol. The maximum atomic E-state index is 11.1. The molecule has 1 unspecified atom stereocenters. The van der Waals surface area contributed by atoms with Crippen LogP contribution < -0.4 is 11.1 Å². The van der Waals surface area contributed by atoms with Gasteiger partial charge < -0.3 is 20.4 Å². The molecule has 158 valence electrons. The van der Waals surface area contributed by atoms with Crippen molar-refractivity contribution in [3.8, 4) is 0 Å². The maximum absolute atomic E-state index is 11.1. The molecule has 3 N–H and O–H groups in total. The fourth-order valence-corrected chi connectivity index (χ4v) is 3.64. The van der Waals surface area contributed by atoms with E-state index in [9.17, 15) is 4.79 Å². The van der Waals surface area contributed by atoms with Gasteiger partial charge in [-0.2, -0.15) is 0 Å². The molecule has 1 amide bonds. The quantitative estimate of drug-likeness (QED) is 0.325. The minimum absolute atomic E-state index is 0. The Bertz CT molecular complexity index is 832. The zero-order chi connectivity index (χ0) is 20.1. The lowest BCUT2D eigenvalue weighted by Gasteiger charge is -2.39. The predicted molar refractivity (Wildman–Crippen MR) is 129 cm³/mol. The fraction of sp³-hybridized carbons (Fsp3) is 0.400. The third kappa shape index (κ3) is 6.19. The van der Waals surface area contributed by atoms with Crippen LogP contribution in [-0.2, 0) is 6.54 Å². The van der Waals surface area contributed by atoms with E-state index in [1.807, 2.05) is 0 Å². The SMILES string of the molecule is CN=C(NCc1ccc(C(N)=O)o1)N1CCN(C(C)c2ccc(Br)cc2)CC1.I. The van der Waals surface area contributed by atoms with Crippen LogP contribution in [0.2, 0.25) is 0 Å². The van der Waals surface area contributed by atoms with Gasteiger partial charge >= 0.3 is 0 Å². The van der Waals surface area contributed by atoms with Gasteiger partial charge in [-0.1, -0.05) is 28.1 Å². The molecule has 1 aromatic heterocycles. The van der Waals surface area contributed by atoms with Gasteiger partial charge in [0, 0.05) is 43.7 Å². The normalized spacial score (nSPS) is 16.2. The van der Waals surface area contributed by atoms with Crippen molar-refractivity contribution < 1.29 is 9.21 Å². The molecule has 3 rings (SSSR count). The molecule has 0 radical (unpaired) electrons. The van der Waals surface area contributed by atoms with Gasteiger partial charge in [-0.3, -0.25) is 14.7 Å². The molecule has 1 atom stereocenters.